The maximum atomic E-state index is 2.60. The third-order valence-corrected chi connectivity index (χ3v) is 5.49. The van der Waals surface area contributed by atoms with E-state index in [2.05, 4.69) is 85.6 Å². The first kappa shape index (κ1) is 15.3. The van der Waals surface area contributed by atoms with Crippen molar-refractivity contribution < 1.29 is 0 Å². The van der Waals surface area contributed by atoms with Crippen LogP contribution in [-0.4, -0.2) is 10.9 Å². The van der Waals surface area contributed by atoms with Crippen LogP contribution in [0.25, 0.3) is 5.57 Å². The maximum absolute atomic E-state index is 2.60. The largest absolute Gasteiger partial charge is 0.363 e. The number of hydrogen-bond donors (Lipinski definition) is 0. The van der Waals surface area contributed by atoms with E-state index in [-0.39, 0.29) is 0 Å². The van der Waals surface area contributed by atoms with Gasteiger partial charge in [0.15, 0.2) is 0 Å². The number of fused-ring (bicyclic) bond motifs is 3. The van der Waals surface area contributed by atoms with Gasteiger partial charge in [-0.3, -0.25) is 0 Å². The maximum Gasteiger partial charge on any atom is 0.0733 e. The van der Waals surface area contributed by atoms with Gasteiger partial charge in [-0.25, -0.2) is 0 Å². The van der Waals surface area contributed by atoms with Gasteiger partial charge in [0.25, 0.3) is 0 Å². The SMILES string of the molecule is CCC1=CC2c3ccccc3CC(CC)N2C=C1c1ccccc1. The predicted octanol–water partition coefficient (Wildman–Crippen LogP) is 5.76. The Morgan fingerprint density at radius 2 is 1.71 bits per heavy atom. The normalized spacial score (nSPS) is 22.3. The minimum Gasteiger partial charge on any atom is -0.363 e. The number of rotatable bonds is 3. The Morgan fingerprint density at radius 3 is 2.46 bits per heavy atom. The van der Waals surface area contributed by atoms with Crippen LogP contribution < -0.4 is 0 Å². The first-order valence-electron chi connectivity index (χ1n) is 9.15. The summed E-state index contributed by atoms with van der Waals surface area (Å²) in [5, 5.41) is 0. The molecule has 4 rings (SSSR count). The van der Waals surface area contributed by atoms with E-state index in [1.165, 1.54) is 34.3 Å². The van der Waals surface area contributed by atoms with Crippen LogP contribution in [0.3, 0.4) is 0 Å². The Kier molecular flexibility index (Phi) is 4.02. The quantitative estimate of drug-likeness (QED) is 0.696. The van der Waals surface area contributed by atoms with Crippen molar-refractivity contribution in [1.82, 2.24) is 4.90 Å². The summed E-state index contributed by atoms with van der Waals surface area (Å²) in [5.41, 5.74) is 7.20. The predicted molar refractivity (Wildman–Crippen MR) is 102 cm³/mol. The molecule has 0 saturated heterocycles. The molecule has 0 amide bonds. The second kappa shape index (κ2) is 6.32. The Balaban J connectivity index is 1.83. The highest BCUT2D eigenvalue weighted by atomic mass is 15.2. The fraction of sp³-hybridized carbons (Fsp3) is 0.304. The van der Waals surface area contributed by atoms with Crippen LogP contribution in [-0.2, 0) is 6.42 Å². The van der Waals surface area contributed by atoms with Crippen LogP contribution in [0.15, 0.2) is 72.4 Å². The van der Waals surface area contributed by atoms with Gasteiger partial charge < -0.3 is 4.90 Å². The molecule has 122 valence electrons. The molecule has 0 aliphatic carbocycles. The van der Waals surface area contributed by atoms with E-state index in [1.807, 2.05) is 0 Å². The van der Waals surface area contributed by atoms with E-state index >= 15 is 0 Å². The molecule has 2 aliphatic rings. The highest BCUT2D eigenvalue weighted by molar-refractivity contribution is 5.80. The Labute approximate surface area is 145 Å². The van der Waals surface area contributed by atoms with Crippen LogP contribution in [0.4, 0.5) is 0 Å². The van der Waals surface area contributed by atoms with E-state index in [4.69, 9.17) is 0 Å². The molecule has 2 atom stereocenters. The molecule has 24 heavy (non-hydrogen) atoms. The lowest BCUT2D eigenvalue weighted by Gasteiger charge is -2.44. The molecule has 0 bridgehead atoms. The second-order valence-electron chi connectivity index (χ2n) is 6.81. The fourth-order valence-electron chi connectivity index (χ4n) is 4.17. The van der Waals surface area contributed by atoms with Crippen molar-refractivity contribution in [1.29, 1.82) is 0 Å². The number of nitrogens with zero attached hydrogens (tertiary/aromatic N) is 1. The number of allylic oxidation sites excluding steroid dienone is 2. The van der Waals surface area contributed by atoms with E-state index in [1.54, 1.807) is 0 Å². The highest BCUT2D eigenvalue weighted by Gasteiger charge is 2.33. The summed E-state index contributed by atoms with van der Waals surface area (Å²) in [6.45, 7) is 4.58. The lowest BCUT2D eigenvalue weighted by Crippen LogP contribution is -2.40. The van der Waals surface area contributed by atoms with Crippen LogP contribution in [0.5, 0.6) is 0 Å². The van der Waals surface area contributed by atoms with E-state index < -0.39 is 0 Å². The van der Waals surface area contributed by atoms with Gasteiger partial charge in [-0.1, -0.05) is 74.5 Å². The van der Waals surface area contributed by atoms with Crippen molar-refractivity contribution in [2.24, 2.45) is 0 Å². The minimum atomic E-state index is 0.391. The van der Waals surface area contributed by atoms with E-state index in [0.717, 1.165) is 12.8 Å². The number of benzene rings is 2. The fourth-order valence-corrected chi connectivity index (χ4v) is 4.17. The van der Waals surface area contributed by atoms with Crippen molar-refractivity contribution in [2.75, 3.05) is 0 Å². The van der Waals surface area contributed by atoms with Crippen LogP contribution in [0.1, 0.15) is 49.4 Å². The molecular weight excluding hydrogens is 290 g/mol. The topological polar surface area (TPSA) is 3.24 Å². The Bertz CT molecular complexity index is 785. The van der Waals surface area contributed by atoms with E-state index in [9.17, 15) is 0 Å². The molecule has 2 unspecified atom stereocenters. The zero-order chi connectivity index (χ0) is 16.5. The molecule has 2 heterocycles. The summed E-state index contributed by atoms with van der Waals surface area (Å²) in [6, 6.07) is 20.8. The third kappa shape index (κ3) is 2.49. The average Bonchev–Trinajstić information content (AvgIpc) is 2.66. The lowest BCUT2D eigenvalue weighted by molar-refractivity contribution is 0.208. The third-order valence-electron chi connectivity index (χ3n) is 5.49. The zero-order valence-electron chi connectivity index (χ0n) is 14.6. The van der Waals surface area contributed by atoms with Crippen LogP contribution in [0.2, 0.25) is 0 Å². The second-order valence-corrected chi connectivity index (χ2v) is 6.81. The molecule has 0 saturated carbocycles. The summed E-state index contributed by atoms with van der Waals surface area (Å²) in [5.74, 6) is 0. The van der Waals surface area contributed by atoms with Crippen molar-refractivity contribution in [3.05, 3.63) is 89.1 Å². The van der Waals surface area contributed by atoms with Gasteiger partial charge in [-0.05, 0) is 41.5 Å². The molecule has 1 nitrogen and oxygen atoms in total. The van der Waals surface area contributed by atoms with Crippen LogP contribution in [0, 0.1) is 0 Å². The van der Waals surface area contributed by atoms with Gasteiger partial charge >= 0.3 is 0 Å². The van der Waals surface area contributed by atoms with Crippen molar-refractivity contribution >= 4 is 5.57 Å². The van der Waals surface area contributed by atoms with Crippen LogP contribution >= 0.6 is 0 Å². The summed E-state index contributed by atoms with van der Waals surface area (Å²) in [7, 11) is 0. The van der Waals surface area contributed by atoms with Gasteiger partial charge in [0, 0.05) is 17.8 Å². The molecular formula is C23H25N. The minimum absolute atomic E-state index is 0.391. The molecule has 2 aromatic carbocycles. The van der Waals surface area contributed by atoms with Crippen molar-refractivity contribution in [3.63, 3.8) is 0 Å². The smallest absolute Gasteiger partial charge is 0.0733 e. The van der Waals surface area contributed by atoms with Gasteiger partial charge in [0.1, 0.15) is 0 Å². The van der Waals surface area contributed by atoms with Crippen molar-refractivity contribution in [3.8, 4) is 0 Å². The van der Waals surface area contributed by atoms with Gasteiger partial charge in [-0.15, -0.1) is 0 Å². The molecule has 0 fully saturated rings. The first-order chi connectivity index (χ1) is 11.8. The molecule has 2 aromatic rings. The summed E-state index contributed by atoms with van der Waals surface area (Å²) in [4.78, 5) is 2.60. The van der Waals surface area contributed by atoms with Gasteiger partial charge in [-0.2, -0.15) is 0 Å². The first-order valence-corrected chi connectivity index (χ1v) is 9.15. The van der Waals surface area contributed by atoms with Gasteiger partial charge in [0.2, 0.25) is 0 Å². The number of hydrogen-bond acceptors (Lipinski definition) is 1. The van der Waals surface area contributed by atoms with Gasteiger partial charge in [0.05, 0.1) is 6.04 Å². The zero-order valence-corrected chi connectivity index (χ0v) is 14.6. The molecule has 0 aromatic heterocycles. The summed E-state index contributed by atoms with van der Waals surface area (Å²) >= 11 is 0. The lowest BCUT2D eigenvalue weighted by atomic mass is 9.82. The van der Waals surface area contributed by atoms with Crippen molar-refractivity contribution in [2.45, 2.75) is 45.2 Å². The Morgan fingerprint density at radius 1 is 0.958 bits per heavy atom. The highest BCUT2D eigenvalue weighted by Crippen LogP contribution is 2.42. The Hall–Kier alpha value is -2.28. The summed E-state index contributed by atoms with van der Waals surface area (Å²) < 4.78 is 0. The monoisotopic (exact) mass is 315 g/mol. The molecule has 1 heteroatoms. The average molecular weight is 315 g/mol. The standard InChI is InChI=1S/C23H25N/c1-3-17-15-23-21-13-9-8-12-19(21)14-20(4-2)24(23)16-22(17)18-10-6-5-7-11-18/h5-13,15-16,20,23H,3-4,14H2,1-2H3. The molecule has 0 radical (unpaired) electrons. The molecule has 2 aliphatic heterocycles. The van der Waals surface area contributed by atoms with E-state index in [0.29, 0.717) is 12.1 Å². The molecule has 0 spiro atoms. The summed E-state index contributed by atoms with van der Waals surface area (Å²) in [6.07, 6.45) is 8.34. The molecule has 0 N–H and O–H groups in total.